The van der Waals surface area contributed by atoms with Crippen LogP contribution < -0.4 is 9.62 Å². The van der Waals surface area contributed by atoms with E-state index in [2.05, 4.69) is 22.3 Å². The average Bonchev–Trinajstić information content (AvgIpc) is 2.87. The number of sulfonamides is 1. The molecule has 0 unspecified atom stereocenters. The third kappa shape index (κ3) is 6.82. The van der Waals surface area contributed by atoms with Crippen molar-refractivity contribution >= 4 is 33.2 Å². The Balaban J connectivity index is 1.44. The molecular weight excluding hydrogens is 486 g/mol. The van der Waals surface area contributed by atoms with Gasteiger partial charge in [0.25, 0.3) is 10.0 Å². The van der Waals surface area contributed by atoms with Crippen LogP contribution in [0.15, 0.2) is 83.8 Å². The number of para-hydroxylation sites is 1. The molecule has 1 saturated heterocycles. The second-order valence-electron chi connectivity index (χ2n) is 8.29. The molecule has 0 atom stereocenters. The van der Waals surface area contributed by atoms with Crippen LogP contribution in [0.4, 0.5) is 5.69 Å². The van der Waals surface area contributed by atoms with Gasteiger partial charge in [0.15, 0.2) is 0 Å². The van der Waals surface area contributed by atoms with Crippen LogP contribution in [0.5, 0.6) is 0 Å². The van der Waals surface area contributed by atoms with Crippen LogP contribution in [0.25, 0.3) is 0 Å². The number of carbonyl (C=O) groups excluding carboxylic acids is 1. The minimum absolute atomic E-state index is 0.0642. The molecule has 1 amide bonds. The minimum Gasteiger partial charge on any atom is -0.379 e. The number of rotatable bonds is 9. The second-order valence-corrected chi connectivity index (χ2v) is 10.6. The first-order valence-corrected chi connectivity index (χ1v) is 13.2. The van der Waals surface area contributed by atoms with Crippen LogP contribution in [0.1, 0.15) is 11.1 Å². The fourth-order valence-corrected chi connectivity index (χ4v) is 5.43. The van der Waals surface area contributed by atoms with Gasteiger partial charge in [0, 0.05) is 31.2 Å². The molecule has 0 bridgehead atoms. The fourth-order valence-electron chi connectivity index (χ4n) is 3.89. The number of benzene rings is 3. The number of hydrogen-bond donors (Lipinski definition) is 1. The van der Waals surface area contributed by atoms with Gasteiger partial charge in [-0.25, -0.2) is 8.42 Å². The van der Waals surface area contributed by atoms with Gasteiger partial charge in [0.05, 0.1) is 23.8 Å². The molecule has 184 valence electrons. The maximum atomic E-state index is 13.4. The van der Waals surface area contributed by atoms with E-state index in [9.17, 15) is 13.2 Å². The Morgan fingerprint density at radius 3 is 2.34 bits per heavy atom. The van der Waals surface area contributed by atoms with Crippen molar-refractivity contribution in [3.63, 3.8) is 0 Å². The van der Waals surface area contributed by atoms with Crippen LogP contribution in [0, 0.1) is 0 Å². The Hall–Kier alpha value is -2.91. The zero-order valence-corrected chi connectivity index (χ0v) is 20.8. The summed E-state index contributed by atoms with van der Waals surface area (Å²) in [6, 6.07) is 22.5. The van der Waals surface area contributed by atoms with Crippen molar-refractivity contribution in [3.8, 4) is 0 Å². The van der Waals surface area contributed by atoms with Crippen LogP contribution in [0.3, 0.4) is 0 Å². The van der Waals surface area contributed by atoms with Crippen molar-refractivity contribution in [2.24, 2.45) is 0 Å². The summed E-state index contributed by atoms with van der Waals surface area (Å²) in [7, 11) is -3.97. The van der Waals surface area contributed by atoms with Crippen molar-refractivity contribution in [1.82, 2.24) is 10.2 Å². The van der Waals surface area contributed by atoms with Gasteiger partial charge in [0.1, 0.15) is 6.54 Å². The second kappa shape index (κ2) is 11.7. The lowest BCUT2D eigenvalue weighted by Gasteiger charge is -2.26. The first-order valence-electron chi connectivity index (χ1n) is 11.4. The van der Waals surface area contributed by atoms with E-state index in [-0.39, 0.29) is 11.4 Å². The number of nitrogens with zero attached hydrogens (tertiary/aromatic N) is 2. The van der Waals surface area contributed by atoms with E-state index >= 15 is 0 Å². The molecule has 0 spiro atoms. The molecule has 1 aliphatic rings. The molecular formula is C26H28ClN3O4S. The topological polar surface area (TPSA) is 79.0 Å². The van der Waals surface area contributed by atoms with Gasteiger partial charge in [0.2, 0.25) is 5.91 Å². The molecule has 0 aromatic heterocycles. The number of halogens is 1. The molecule has 9 heteroatoms. The van der Waals surface area contributed by atoms with Crippen molar-refractivity contribution < 1.29 is 17.9 Å². The van der Waals surface area contributed by atoms with Crippen LogP contribution >= 0.6 is 11.6 Å². The molecule has 0 radical (unpaired) electrons. The molecule has 1 heterocycles. The number of ether oxygens (including phenoxy) is 1. The predicted octanol–water partition coefficient (Wildman–Crippen LogP) is 3.68. The highest BCUT2D eigenvalue weighted by Crippen LogP contribution is 2.24. The van der Waals surface area contributed by atoms with Crippen LogP contribution in [0.2, 0.25) is 5.02 Å². The highest BCUT2D eigenvalue weighted by Gasteiger charge is 2.27. The van der Waals surface area contributed by atoms with Crippen LogP contribution in [-0.4, -0.2) is 52.1 Å². The van der Waals surface area contributed by atoms with E-state index in [1.54, 1.807) is 30.3 Å². The van der Waals surface area contributed by atoms with E-state index < -0.39 is 15.9 Å². The molecule has 4 rings (SSSR count). The Kier molecular flexibility index (Phi) is 8.41. The average molecular weight is 514 g/mol. The van der Waals surface area contributed by atoms with Crippen LogP contribution in [-0.2, 0) is 32.6 Å². The molecule has 7 nitrogen and oxygen atoms in total. The number of anilines is 1. The highest BCUT2D eigenvalue weighted by atomic mass is 35.5. The maximum Gasteiger partial charge on any atom is 0.264 e. The lowest BCUT2D eigenvalue weighted by molar-refractivity contribution is -0.119. The minimum atomic E-state index is -3.97. The molecule has 1 fully saturated rings. The third-order valence-electron chi connectivity index (χ3n) is 5.72. The van der Waals surface area contributed by atoms with Crippen molar-refractivity contribution in [2.75, 3.05) is 37.2 Å². The zero-order chi connectivity index (χ0) is 24.7. The number of amides is 1. The van der Waals surface area contributed by atoms with Gasteiger partial charge < -0.3 is 10.1 Å². The standard InChI is InChI=1S/C26H28ClN3O4S/c27-23-9-11-25(12-10-23)35(32,33)30(24-7-2-1-3-8-24)20-26(31)28-18-21-5-4-6-22(17-21)19-29-13-15-34-16-14-29/h1-12,17H,13-16,18-20H2,(H,28,31). The third-order valence-corrected chi connectivity index (χ3v) is 7.76. The summed E-state index contributed by atoms with van der Waals surface area (Å²) in [6.45, 7) is 4.07. The van der Waals surface area contributed by atoms with Crippen molar-refractivity contribution in [2.45, 2.75) is 18.0 Å². The number of carbonyl (C=O) groups is 1. The summed E-state index contributed by atoms with van der Waals surface area (Å²) >= 11 is 5.93. The van der Waals surface area contributed by atoms with Gasteiger partial charge >= 0.3 is 0 Å². The Morgan fingerprint density at radius 2 is 1.63 bits per heavy atom. The summed E-state index contributed by atoms with van der Waals surface area (Å²) < 4.78 is 33.3. The van der Waals surface area contributed by atoms with Gasteiger partial charge in [-0.05, 0) is 47.5 Å². The highest BCUT2D eigenvalue weighted by molar-refractivity contribution is 7.92. The summed E-state index contributed by atoms with van der Waals surface area (Å²) in [5.41, 5.74) is 2.52. The molecule has 0 saturated carbocycles. The zero-order valence-electron chi connectivity index (χ0n) is 19.3. The Morgan fingerprint density at radius 1 is 0.943 bits per heavy atom. The quantitative estimate of drug-likeness (QED) is 0.472. The monoisotopic (exact) mass is 513 g/mol. The molecule has 3 aromatic carbocycles. The smallest absolute Gasteiger partial charge is 0.264 e. The Bertz CT molecular complexity index is 1230. The molecule has 0 aliphatic carbocycles. The van der Waals surface area contributed by atoms with E-state index in [1.165, 1.54) is 24.3 Å². The fraction of sp³-hybridized carbons (Fsp3) is 0.269. The molecule has 1 aliphatic heterocycles. The van der Waals surface area contributed by atoms with Crippen molar-refractivity contribution in [3.05, 3.63) is 95.0 Å². The maximum absolute atomic E-state index is 13.4. The van der Waals surface area contributed by atoms with Gasteiger partial charge in [-0.2, -0.15) is 0 Å². The van der Waals surface area contributed by atoms with Gasteiger partial charge in [-0.15, -0.1) is 0 Å². The largest absolute Gasteiger partial charge is 0.379 e. The van der Waals surface area contributed by atoms with E-state index in [4.69, 9.17) is 16.3 Å². The molecule has 1 N–H and O–H groups in total. The first-order chi connectivity index (χ1) is 16.9. The van der Waals surface area contributed by atoms with Gasteiger partial charge in [-0.1, -0.05) is 54.1 Å². The number of morpholine rings is 1. The van der Waals surface area contributed by atoms with E-state index in [1.807, 2.05) is 12.1 Å². The Labute approximate surface area is 211 Å². The van der Waals surface area contributed by atoms with Crippen molar-refractivity contribution in [1.29, 1.82) is 0 Å². The van der Waals surface area contributed by atoms with Gasteiger partial charge in [-0.3, -0.25) is 14.0 Å². The lowest BCUT2D eigenvalue weighted by atomic mass is 10.1. The first kappa shape index (κ1) is 25.2. The lowest BCUT2D eigenvalue weighted by Crippen LogP contribution is -2.40. The van der Waals surface area contributed by atoms with E-state index in [0.29, 0.717) is 17.3 Å². The normalized spacial score (nSPS) is 14.4. The number of nitrogens with one attached hydrogen (secondary N) is 1. The SMILES string of the molecule is O=C(CN(c1ccccc1)S(=O)(=O)c1ccc(Cl)cc1)NCc1cccc(CN2CCOCC2)c1. The summed E-state index contributed by atoms with van der Waals surface area (Å²) in [4.78, 5) is 15.3. The van der Waals surface area contributed by atoms with E-state index in [0.717, 1.165) is 48.3 Å². The number of hydrogen-bond acceptors (Lipinski definition) is 5. The molecule has 35 heavy (non-hydrogen) atoms. The predicted molar refractivity (Wildman–Crippen MR) is 137 cm³/mol. The molecule has 3 aromatic rings. The summed E-state index contributed by atoms with van der Waals surface area (Å²) in [5.74, 6) is -0.398. The summed E-state index contributed by atoms with van der Waals surface area (Å²) in [5, 5.41) is 3.30. The summed E-state index contributed by atoms with van der Waals surface area (Å²) in [6.07, 6.45) is 0.